The van der Waals surface area contributed by atoms with Gasteiger partial charge in [0, 0.05) is 11.8 Å². The molecule has 1 aliphatic rings. The first kappa shape index (κ1) is 22.6. The number of esters is 1. The SMILES string of the molecule is COc1ccc(N2C(=S)N[C@@H](c3cccc(C)c3)C(C(=O)OC(C)C)=C2C)cc1OC. The van der Waals surface area contributed by atoms with E-state index in [0.29, 0.717) is 27.9 Å². The number of ether oxygens (including phenoxy) is 3. The van der Waals surface area contributed by atoms with Gasteiger partial charge in [0.05, 0.1) is 37.6 Å². The molecule has 6 nitrogen and oxygen atoms in total. The van der Waals surface area contributed by atoms with Gasteiger partial charge in [0.25, 0.3) is 0 Å². The van der Waals surface area contributed by atoms with Crippen LogP contribution in [0.15, 0.2) is 53.7 Å². The van der Waals surface area contributed by atoms with Crippen molar-refractivity contribution in [1.29, 1.82) is 0 Å². The summed E-state index contributed by atoms with van der Waals surface area (Å²) < 4.78 is 16.4. The largest absolute Gasteiger partial charge is 0.493 e. The highest BCUT2D eigenvalue weighted by molar-refractivity contribution is 7.80. The van der Waals surface area contributed by atoms with Crippen LogP contribution in [0.3, 0.4) is 0 Å². The minimum atomic E-state index is -0.407. The monoisotopic (exact) mass is 440 g/mol. The second-order valence-corrected chi connectivity index (χ2v) is 8.01. The van der Waals surface area contributed by atoms with Crippen molar-refractivity contribution in [2.45, 2.75) is 39.8 Å². The molecular weight excluding hydrogens is 412 g/mol. The molecule has 0 bridgehead atoms. The second kappa shape index (κ2) is 9.39. The topological polar surface area (TPSA) is 60.0 Å². The predicted molar refractivity (Wildman–Crippen MR) is 126 cm³/mol. The van der Waals surface area contributed by atoms with Crippen molar-refractivity contribution in [2.24, 2.45) is 0 Å². The molecule has 31 heavy (non-hydrogen) atoms. The van der Waals surface area contributed by atoms with Crippen molar-refractivity contribution >= 4 is 29.0 Å². The standard InChI is InChI=1S/C24H28N2O4S/c1-14(2)30-23(27)21-16(4)26(18-10-11-19(28-5)20(13-18)29-6)24(31)25-22(21)17-9-7-8-15(3)12-17/h7-14,22H,1-6H3,(H,25,31)/t22-/m0/s1. The van der Waals surface area contributed by atoms with Gasteiger partial charge >= 0.3 is 5.97 Å². The molecule has 1 aliphatic heterocycles. The van der Waals surface area contributed by atoms with E-state index in [2.05, 4.69) is 5.32 Å². The summed E-state index contributed by atoms with van der Waals surface area (Å²) >= 11 is 5.72. The van der Waals surface area contributed by atoms with Crippen molar-refractivity contribution in [2.75, 3.05) is 19.1 Å². The van der Waals surface area contributed by atoms with Gasteiger partial charge in [-0.2, -0.15) is 0 Å². The summed E-state index contributed by atoms with van der Waals surface area (Å²) in [7, 11) is 3.17. The Morgan fingerprint density at radius 2 is 1.77 bits per heavy atom. The van der Waals surface area contributed by atoms with Crippen molar-refractivity contribution in [3.8, 4) is 11.5 Å². The summed E-state index contributed by atoms with van der Waals surface area (Å²) in [5, 5.41) is 3.82. The van der Waals surface area contributed by atoms with Gasteiger partial charge in [-0.05, 0) is 57.6 Å². The zero-order chi connectivity index (χ0) is 22.7. The Kier molecular flexibility index (Phi) is 6.85. The summed E-state index contributed by atoms with van der Waals surface area (Å²) in [5.74, 6) is 0.808. The molecule has 0 aliphatic carbocycles. The van der Waals surface area contributed by atoms with Crippen LogP contribution in [0.4, 0.5) is 5.69 Å². The summed E-state index contributed by atoms with van der Waals surface area (Å²) in [5.41, 5.74) is 4.02. The normalized spacial score (nSPS) is 16.3. The Morgan fingerprint density at radius 1 is 1.06 bits per heavy atom. The number of nitrogens with one attached hydrogen (secondary N) is 1. The highest BCUT2D eigenvalue weighted by Crippen LogP contribution is 2.38. The molecule has 0 saturated heterocycles. The van der Waals surface area contributed by atoms with E-state index in [1.807, 2.05) is 75.1 Å². The van der Waals surface area contributed by atoms with Gasteiger partial charge in [-0.25, -0.2) is 4.79 Å². The van der Waals surface area contributed by atoms with Gasteiger partial charge in [-0.1, -0.05) is 29.8 Å². The Balaban J connectivity index is 2.15. The molecule has 1 heterocycles. The van der Waals surface area contributed by atoms with Gasteiger partial charge in [0.2, 0.25) is 0 Å². The second-order valence-electron chi connectivity index (χ2n) is 7.62. The third-order valence-corrected chi connectivity index (χ3v) is 5.35. The molecule has 0 unspecified atom stereocenters. The Labute approximate surface area is 188 Å². The quantitative estimate of drug-likeness (QED) is 0.517. The lowest BCUT2D eigenvalue weighted by molar-refractivity contribution is -0.143. The average molecular weight is 441 g/mol. The molecule has 3 rings (SSSR count). The zero-order valence-electron chi connectivity index (χ0n) is 18.7. The van der Waals surface area contributed by atoms with E-state index in [0.717, 1.165) is 16.8 Å². The maximum Gasteiger partial charge on any atom is 0.338 e. The van der Waals surface area contributed by atoms with Crippen LogP contribution in [0.1, 0.15) is 37.9 Å². The summed E-state index contributed by atoms with van der Waals surface area (Å²) in [6.45, 7) is 7.57. The number of aryl methyl sites for hydroxylation is 1. The van der Waals surface area contributed by atoms with Crippen LogP contribution in [-0.4, -0.2) is 31.4 Å². The van der Waals surface area contributed by atoms with Crippen LogP contribution in [0, 0.1) is 6.92 Å². The molecular formula is C24H28N2O4S. The fourth-order valence-corrected chi connectivity index (χ4v) is 4.02. The molecule has 0 spiro atoms. The van der Waals surface area contributed by atoms with E-state index >= 15 is 0 Å². The van der Waals surface area contributed by atoms with Crippen LogP contribution in [0.25, 0.3) is 0 Å². The number of rotatable bonds is 6. The van der Waals surface area contributed by atoms with Crippen LogP contribution < -0.4 is 19.7 Å². The number of hydrogen-bond acceptors (Lipinski definition) is 5. The van der Waals surface area contributed by atoms with Gasteiger partial charge in [-0.15, -0.1) is 0 Å². The maximum atomic E-state index is 13.2. The van der Waals surface area contributed by atoms with E-state index in [9.17, 15) is 4.79 Å². The van der Waals surface area contributed by atoms with E-state index in [1.165, 1.54) is 0 Å². The number of allylic oxidation sites excluding steroid dienone is 1. The number of carbonyl (C=O) groups is 1. The lowest BCUT2D eigenvalue weighted by atomic mass is 9.93. The molecule has 0 saturated carbocycles. The van der Waals surface area contributed by atoms with E-state index in [1.54, 1.807) is 14.2 Å². The summed E-state index contributed by atoms with van der Waals surface area (Å²) in [6, 6.07) is 13.1. The molecule has 164 valence electrons. The molecule has 0 amide bonds. The third-order valence-electron chi connectivity index (χ3n) is 5.05. The number of hydrogen-bond donors (Lipinski definition) is 1. The maximum absolute atomic E-state index is 13.2. The predicted octanol–water partition coefficient (Wildman–Crippen LogP) is 4.67. The van der Waals surface area contributed by atoms with Gasteiger partial charge < -0.3 is 19.5 Å². The molecule has 1 atom stereocenters. The number of methoxy groups -OCH3 is 2. The average Bonchev–Trinajstić information content (AvgIpc) is 2.72. The first-order valence-electron chi connectivity index (χ1n) is 10.1. The van der Waals surface area contributed by atoms with E-state index < -0.39 is 6.04 Å². The smallest absolute Gasteiger partial charge is 0.338 e. The van der Waals surface area contributed by atoms with Crippen LogP contribution in [-0.2, 0) is 9.53 Å². The summed E-state index contributed by atoms with van der Waals surface area (Å²) in [4.78, 5) is 15.0. The highest BCUT2D eigenvalue weighted by Gasteiger charge is 2.36. The van der Waals surface area contributed by atoms with Crippen LogP contribution >= 0.6 is 12.2 Å². The lowest BCUT2D eigenvalue weighted by Gasteiger charge is -2.38. The Bertz CT molecular complexity index is 1030. The van der Waals surface area contributed by atoms with Gasteiger partial charge in [0.1, 0.15) is 0 Å². The van der Waals surface area contributed by atoms with Gasteiger partial charge in [0.15, 0.2) is 16.6 Å². The number of thiocarbonyl (C=S) groups is 1. The van der Waals surface area contributed by atoms with Gasteiger partial charge in [-0.3, -0.25) is 4.90 Å². The number of nitrogens with zero attached hydrogens (tertiary/aromatic N) is 1. The molecule has 0 radical (unpaired) electrons. The summed E-state index contributed by atoms with van der Waals surface area (Å²) in [6.07, 6.45) is -0.241. The first-order valence-corrected chi connectivity index (χ1v) is 10.5. The zero-order valence-corrected chi connectivity index (χ0v) is 19.5. The van der Waals surface area contributed by atoms with Crippen LogP contribution in [0.2, 0.25) is 0 Å². The van der Waals surface area contributed by atoms with Crippen molar-refractivity contribution in [3.63, 3.8) is 0 Å². The minimum absolute atomic E-state index is 0.241. The fourth-order valence-electron chi connectivity index (χ4n) is 3.66. The third kappa shape index (κ3) is 4.66. The van der Waals surface area contributed by atoms with Crippen molar-refractivity contribution in [1.82, 2.24) is 5.32 Å². The molecule has 0 fully saturated rings. The number of benzene rings is 2. The Morgan fingerprint density at radius 3 is 2.39 bits per heavy atom. The molecule has 2 aromatic carbocycles. The molecule has 7 heteroatoms. The van der Waals surface area contributed by atoms with E-state index in [4.69, 9.17) is 26.4 Å². The van der Waals surface area contributed by atoms with Crippen LogP contribution in [0.5, 0.6) is 11.5 Å². The fraction of sp³-hybridized carbons (Fsp3) is 0.333. The Hall–Kier alpha value is -3.06. The minimum Gasteiger partial charge on any atom is -0.493 e. The van der Waals surface area contributed by atoms with E-state index in [-0.39, 0.29) is 12.1 Å². The molecule has 2 aromatic rings. The lowest BCUT2D eigenvalue weighted by Crippen LogP contribution is -2.48. The van der Waals surface area contributed by atoms with Crippen molar-refractivity contribution in [3.05, 3.63) is 64.9 Å². The number of anilines is 1. The molecule has 0 aromatic heterocycles. The first-order chi connectivity index (χ1) is 14.8. The highest BCUT2D eigenvalue weighted by atomic mass is 32.1. The molecule has 1 N–H and O–H groups in total. The van der Waals surface area contributed by atoms with Crippen molar-refractivity contribution < 1.29 is 19.0 Å². The number of carbonyl (C=O) groups excluding carboxylic acids is 1.